The van der Waals surface area contributed by atoms with Crippen molar-refractivity contribution < 1.29 is 37.8 Å². The number of anilines is 2. The first-order chi connectivity index (χ1) is 19.4. The fraction of sp³-hybridized carbons (Fsp3) is 0.222. The largest absolute Gasteiger partial charge is 0.506 e. The number of hydrogen-bond acceptors (Lipinski definition) is 8. The first kappa shape index (κ1) is 32.1. The standard InChI is InChI=1S/C27H26Cl2N2O8S2/c1-3-24(41(37,38)17-7-5-16(39-2)6-8-17)27(36)31-21-13-22(32)20(14-23(21)40-11-10-25(33)34)30-26(35)15-4-9-18(28)19(29)12-15/h4-9,12-14,24,32H,3,10-11H2,1-2H3,(H,30,35)(H,31,36)(H,33,34). The van der Waals surface area contributed by atoms with Gasteiger partial charge in [-0.3, -0.25) is 14.4 Å². The summed E-state index contributed by atoms with van der Waals surface area (Å²) >= 11 is 12.9. The van der Waals surface area contributed by atoms with E-state index in [9.17, 15) is 27.9 Å². The van der Waals surface area contributed by atoms with Crippen LogP contribution in [-0.4, -0.2) is 54.5 Å². The zero-order valence-electron chi connectivity index (χ0n) is 21.8. The van der Waals surface area contributed by atoms with Gasteiger partial charge in [-0.25, -0.2) is 8.42 Å². The summed E-state index contributed by atoms with van der Waals surface area (Å²) in [5, 5.41) is 23.8. The van der Waals surface area contributed by atoms with E-state index in [-0.39, 0.29) is 50.5 Å². The summed E-state index contributed by atoms with van der Waals surface area (Å²) in [4.78, 5) is 37.3. The molecule has 0 fully saturated rings. The molecule has 0 aromatic heterocycles. The topological polar surface area (TPSA) is 159 Å². The van der Waals surface area contributed by atoms with Crippen molar-refractivity contribution >= 4 is 74.0 Å². The van der Waals surface area contributed by atoms with E-state index in [1.165, 1.54) is 55.6 Å². The van der Waals surface area contributed by atoms with Crippen molar-refractivity contribution in [2.45, 2.75) is 34.8 Å². The van der Waals surface area contributed by atoms with Crippen LogP contribution in [0.15, 0.2) is 64.4 Å². The molecule has 0 saturated heterocycles. The maximum atomic E-state index is 13.3. The number of carbonyl (C=O) groups excluding carboxylic acids is 2. The number of rotatable bonds is 12. The fourth-order valence-electron chi connectivity index (χ4n) is 3.65. The van der Waals surface area contributed by atoms with Crippen LogP contribution < -0.4 is 15.4 Å². The van der Waals surface area contributed by atoms with Crippen molar-refractivity contribution in [1.82, 2.24) is 0 Å². The van der Waals surface area contributed by atoms with Gasteiger partial charge in [-0.15, -0.1) is 11.8 Å². The Morgan fingerprint density at radius 1 is 0.976 bits per heavy atom. The third-order valence-electron chi connectivity index (χ3n) is 5.79. The summed E-state index contributed by atoms with van der Waals surface area (Å²) in [6, 6.07) is 12.4. The van der Waals surface area contributed by atoms with E-state index in [0.717, 1.165) is 17.8 Å². The number of carboxylic acids is 1. The highest BCUT2D eigenvalue weighted by Crippen LogP contribution is 2.38. The number of ether oxygens (including phenoxy) is 1. The van der Waals surface area contributed by atoms with Crippen molar-refractivity contribution in [3.8, 4) is 11.5 Å². The Balaban J connectivity index is 1.91. The van der Waals surface area contributed by atoms with E-state index in [0.29, 0.717) is 10.6 Å². The molecule has 0 heterocycles. The molecule has 0 saturated carbocycles. The number of halogens is 2. The predicted molar refractivity (Wildman–Crippen MR) is 158 cm³/mol. The van der Waals surface area contributed by atoms with Gasteiger partial charge in [-0.1, -0.05) is 30.1 Å². The molecule has 3 aromatic carbocycles. The molecular formula is C27H26Cl2N2O8S2. The van der Waals surface area contributed by atoms with Gasteiger partial charge in [-0.2, -0.15) is 0 Å². The molecule has 218 valence electrons. The Hall–Kier alpha value is -3.45. The number of thioether (sulfide) groups is 1. The third kappa shape index (κ3) is 8.07. The highest BCUT2D eigenvalue weighted by atomic mass is 35.5. The lowest BCUT2D eigenvalue weighted by Crippen LogP contribution is -2.34. The minimum absolute atomic E-state index is 0.0326. The Morgan fingerprint density at radius 2 is 1.66 bits per heavy atom. The number of phenolic OH excluding ortho intramolecular Hbond substituents is 1. The fourth-order valence-corrected chi connectivity index (χ4v) is 6.54. The van der Waals surface area contributed by atoms with Crippen molar-refractivity contribution in [2.75, 3.05) is 23.5 Å². The van der Waals surface area contributed by atoms with Crippen LogP contribution in [0.4, 0.5) is 11.4 Å². The molecule has 14 heteroatoms. The molecule has 3 aromatic rings. The summed E-state index contributed by atoms with van der Waals surface area (Å²) in [5.41, 5.74) is 0.166. The van der Waals surface area contributed by atoms with Crippen molar-refractivity contribution in [3.05, 3.63) is 70.2 Å². The number of aliphatic carboxylic acids is 1. The quantitative estimate of drug-likeness (QED) is 0.143. The number of nitrogens with one attached hydrogen (secondary N) is 2. The first-order valence-corrected chi connectivity index (χ1v) is 15.3. The maximum Gasteiger partial charge on any atom is 0.304 e. The number of carbonyl (C=O) groups is 3. The summed E-state index contributed by atoms with van der Waals surface area (Å²) in [6.07, 6.45) is -0.265. The molecule has 0 aliphatic rings. The van der Waals surface area contributed by atoms with Crippen LogP contribution in [0.2, 0.25) is 10.0 Å². The van der Waals surface area contributed by atoms with Crippen LogP contribution in [0.1, 0.15) is 30.1 Å². The Morgan fingerprint density at radius 3 is 2.24 bits per heavy atom. The summed E-state index contributed by atoms with van der Waals surface area (Å²) in [7, 11) is -2.66. The van der Waals surface area contributed by atoms with E-state index in [1.54, 1.807) is 6.92 Å². The number of phenols is 1. The summed E-state index contributed by atoms with van der Waals surface area (Å²) in [6.45, 7) is 1.55. The van der Waals surface area contributed by atoms with Gasteiger partial charge < -0.3 is 25.6 Å². The van der Waals surface area contributed by atoms with Crippen LogP contribution in [0.5, 0.6) is 11.5 Å². The maximum absolute atomic E-state index is 13.3. The molecule has 1 unspecified atom stereocenters. The molecule has 1 atom stereocenters. The van der Waals surface area contributed by atoms with Gasteiger partial charge in [0.1, 0.15) is 16.7 Å². The second-order valence-corrected chi connectivity index (χ2v) is 12.6. The first-order valence-electron chi connectivity index (χ1n) is 12.0. The molecular weight excluding hydrogens is 615 g/mol. The van der Waals surface area contributed by atoms with Crippen LogP contribution in [0.3, 0.4) is 0 Å². The van der Waals surface area contributed by atoms with Gasteiger partial charge in [0.2, 0.25) is 5.91 Å². The number of benzene rings is 3. The zero-order chi connectivity index (χ0) is 30.3. The Kier molecular flexibility index (Phi) is 10.9. The Bertz CT molecular complexity index is 1560. The molecule has 4 N–H and O–H groups in total. The number of hydrogen-bond donors (Lipinski definition) is 4. The molecule has 0 radical (unpaired) electrons. The predicted octanol–water partition coefficient (Wildman–Crippen LogP) is 5.72. The number of methoxy groups -OCH3 is 1. The monoisotopic (exact) mass is 640 g/mol. The molecule has 2 amide bonds. The normalized spacial score (nSPS) is 11.9. The number of carboxylic acid groups (broad SMARTS) is 1. The van der Waals surface area contributed by atoms with Gasteiger partial charge in [0.25, 0.3) is 5.91 Å². The molecule has 10 nitrogen and oxygen atoms in total. The van der Waals surface area contributed by atoms with Gasteiger partial charge in [0.05, 0.1) is 39.8 Å². The average Bonchev–Trinajstić information content (AvgIpc) is 2.92. The zero-order valence-corrected chi connectivity index (χ0v) is 25.0. The lowest BCUT2D eigenvalue weighted by molar-refractivity contribution is -0.136. The van der Waals surface area contributed by atoms with Gasteiger partial charge >= 0.3 is 5.97 Å². The van der Waals surface area contributed by atoms with Crippen LogP contribution in [0.25, 0.3) is 0 Å². The third-order valence-corrected chi connectivity index (χ3v) is 9.81. The van der Waals surface area contributed by atoms with Crippen molar-refractivity contribution in [3.63, 3.8) is 0 Å². The van der Waals surface area contributed by atoms with E-state index in [1.807, 2.05) is 0 Å². The minimum Gasteiger partial charge on any atom is -0.506 e. The molecule has 0 aliphatic heterocycles. The van der Waals surface area contributed by atoms with Crippen LogP contribution in [-0.2, 0) is 19.4 Å². The second-order valence-electron chi connectivity index (χ2n) is 8.55. The number of aromatic hydroxyl groups is 1. The highest BCUT2D eigenvalue weighted by molar-refractivity contribution is 7.99. The SMILES string of the molecule is CCC(C(=O)Nc1cc(O)c(NC(=O)c2ccc(Cl)c(Cl)c2)cc1SCCC(=O)O)S(=O)(=O)c1ccc(OC)cc1. The van der Waals surface area contributed by atoms with Crippen LogP contribution in [0, 0.1) is 0 Å². The summed E-state index contributed by atoms with van der Waals surface area (Å²) in [5.74, 6) is -2.41. The van der Waals surface area contributed by atoms with Gasteiger partial charge in [-0.05, 0) is 55.0 Å². The molecule has 0 spiro atoms. The van der Waals surface area contributed by atoms with E-state index in [2.05, 4.69) is 10.6 Å². The second kappa shape index (κ2) is 13.9. The molecule has 0 aliphatic carbocycles. The van der Waals surface area contributed by atoms with Crippen LogP contribution >= 0.6 is 35.0 Å². The molecule has 3 rings (SSSR count). The van der Waals surface area contributed by atoms with Gasteiger partial charge in [0, 0.05) is 22.3 Å². The lowest BCUT2D eigenvalue weighted by atomic mass is 10.2. The lowest BCUT2D eigenvalue weighted by Gasteiger charge is -2.19. The minimum atomic E-state index is -4.10. The average molecular weight is 642 g/mol. The van der Waals surface area contributed by atoms with Crippen molar-refractivity contribution in [2.24, 2.45) is 0 Å². The molecule has 41 heavy (non-hydrogen) atoms. The van der Waals surface area contributed by atoms with E-state index in [4.69, 9.17) is 33.0 Å². The number of sulfone groups is 1. The molecule has 0 bridgehead atoms. The number of amides is 2. The van der Waals surface area contributed by atoms with E-state index >= 15 is 0 Å². The highest BCUT2D eigenvalue weighted by Gasteiger charge is 2.33. The van der Waals surface area contributed by atoms with Crippen molar-refractivity contribution in [1.29, 1.82) is 0 Å². The van der Waals surface area contributed by atoms with Gasteiger partial charge in [0.15, 0.2) is 9.84 Å². The Labute approximate surface area is 250 Å². The van der Waals surface area contributed by atoms with E-state index < -0.39 is 38.6 Å². The summed E-state index contributed by atoms with van der Waals surface area (Å²) < 4.78 is 31.6. The smallest absolute Gasteiger partial charge is 0.304 e.